The average molecular weight is 319 g/mol. The molecule has 3 nitrogen and oxygen atoms in total. The molecular formula is C11H6BrF3N2O. The van der Waals surface area contributed by atoms with Gasteiger partial charge in [-0.1, -0.05) is 12.1 Å². The molecule has 2 rings (SSSR count). The van der Waals surface area contributed by atoms with Gasteiger partial charge in [-0.2, -0.15) is 13.2 Å². The highest BCUT2D eigenvalue weighted by atomic mass is 79.9. The summed E-state index contributed by atoms with van der Waals surface area (Å²) in [5, 5.41) is 6.43. The average Bonchev–Trinajstić information content (AvgIpc) is 2.32. The lowest BCUT2D eigenvalue weighted by molar-refractivity contribution is -0.141. The van der Waals surface area contributed by atoms with Crippen molar-refractivity contribution in [1.29, 1.82) is 0 Å². The Balaban J connectivity index is 2.19. The second-order valence-electron chi connectivity index (χ2n) is 3.29. The largest absolute Gasteiger partial charge is 0.436 e. The van der Waals surface area contributed by atoms with Crippen molar-refractivity contribution in [3.63, 3.8) is 0 Å². The lowest BCUT2D eigenvalue weighted by atomic mass is 10.3. The van der Waals surface area contributed by atoms with Crippen LogP contribution >= 0.6 is 15.9 Å². The third kappa shape index (κ3) is 2.98. The molecule has 1 aromatic heterocycles. The van der Waals surface area contributed by atoms with Crippen molar-refractivity contribution in [3.05, 3.63) is 46.6 Å². The van der Waals surface area contributed by atoms with Crippen molar-refractivity contribution in [3.8, 4) is 11.6 Å². The number of rotatable bonds is 2. The summed E-state index contributed by atoms with van der Waals surface area (Å²) in [5.41, 5.74) is -1.05. The highest BCUT2D eigenvalue weighted by molar-refractivity contribution is 9.10. The Morgan fingerprint density at radius 2 is 1.72 bits per heavy atom. The molecule has 0 radical (unpaired) electrons. The summed E-state index contributed by atoms with van der Waals surface area (Å²) < 4.78 is 42.7. The minimum absolute atomic E-state index is 0.00472. The van der Waals surface area contributed by atoms with Crippen LogP contribution in [0.2, 0.25) is 0 Å². The predicted molar refractivity (Wildman–Crippen MR) is 61.3 cm³/mol. The standard InChI is InChI=1S/C11H6BrF3N2O/c12-7-3-1-2-4-8(7)18-10-6-5-9(16-17-10)11(13,14)15/h1-6H. The van der Waals surface area contributed by atoms with Crippen LogP contribution in [0.5, 0.6) is 11.6 Å². The van der Waals surface area contributed by atoms with E-state index in [1.54, 1.807) is 24.3 Å². The van der Waals surface area contributed by atoms with E-state index in [1.165, 1.54) is 0 Å². The van der Waals surface area contributed by atoms with Crippen LogP contribution in [0.3, 0.4) is 0 Å². The molecule has 1 heterocycles. The summed E-state index contributed by atoms with van der Waals surface area (Å²) in [5.74, 6) is 0.446. The number of aromatic nitrogens is 2. The Morgan fingerprint density at radius 1 is 1.00 bits per heavy atom. The molecule has 0 fully saturated rings. The van der Waals surface area contributed by atoms with Crippen LogP contribution in [0.25, 0.3) is 0 Å². The molecule has 0 unspecified atom stereocenters. The molecule has 0 spiro atoms. The number of para-hydroxylation sites is 1. The topological polar surface area (TPSA) is 35.0 Å². The summed E-state index contributed by atoms with van der Waals surface area (Å²) in [6, 6.07) is 8.86. The van der Waals surface area contributed by atoms with Crippen LogP contribution in [-0.2, 0) is 6.18 Å². The molecule has 0 aliphatic carbocycles. The van der Waals surface area contributed by atoms with Gasteiger partial charge in [-0.3, -0.25) is 0 Å². The van der Waals surface area contributed by atoms with E-state index in [2.05, 4.69) is 26.1 Å². The maximum Gasteiger partial charge on any atom is 0.435 e. The van der Waals surface area contributed by atoms with Crippen molar-refractivity contribution in [1.82, 2.24) is 10.2 Å². The van der Waals surface area contributed by atoms with E-state index in [9.17, 15) is 13.2 Å². The van der Waals surface area contributed by atoms with E-state index in [-0.39, 0.29) is 5.88 Å². The van der Waals surface area contributed by atoms with Gasteiger partial charge in [0.2, 0.25) is 5.88 Å². The zero-order chi connectivity index (χ0) is 13.2. The number of hydrogen-bond donors (Lipinski definition) is 0. The molecule has 2 aromatic rings. The first-order valence-corrected chi connectivity index (χ1v) is 5.59. The van der Waals surface area contributed by atoms with E-state index in [0.717, 1.165) is 12.1 Å². The molecule has 1 aromatic carbocycles. The number of benzene rings is 1. The molecule has 7 heteroatoms. The molecule has 18 heavy (non-hydrogen) atoms. The van der Waals surface area contributed by atoms with E-state index < -0.39 is 11.9 Å². The number of alkyl halides is 3. The van der Waals surface area contributed by atoms with Crippen molar-refractivity contribution in [2.75, 3.05) is 0 Å². The molecule has 0 N–H and O–H groups in total. The van der Waals surface area contributed by atoms with Gasteiger partial charge >= 0.3 is 6.18 Å². The van der Waals surface area contributed by atoms with E-state index in [4.69, 9.17) is 4.74 Å². The van der Waals surface area contributed by atoms with Crippen molar-refractivity contribution >= 4 is 15.9 Å². The number of nitrogens with zero attached hydrogens (tertiary/aromatic N) is 2. The van der Waals surface area contributed by atoms with E-state index in [0.29, 0.717) is 10.2 Å². The summed E-state index contributed by atoms with van der Waals surface area (Å²) in [4.78, 5) is 0. The van der Waals surface area contributed by atoms with Gasteiger partial charge in [0.05, 0.1) is 4.47 Å². The first kappa shape index (κ1) is 12.8. The first-order chi connectivity index (χ1) is 8.47. The number of hydrogen-bond acceptors (Lipinski definition) is 3. The van der Waals surface area contributed by atoms with Crippen LogP contribution < -0.4 is 4.74 Å². The zero-order valence-electron chi connectivity index (χ0n) is 8.78. The molecule has 0 atom stereocenters. The minimum atomic E-state index is -4.50. The van der Waals surface area contributed by atoms with Crippen LogP contribution in [0.4, 0.5) is 13.2 Å². The van der Waals surface area contributed by atoms with Gasteiger partial charge in [0.15, 0.2) is 5.69 Å². The second kappa shape index (κ2) is 4.93. The van der Waals surface area contributed by atoms with Gasteiger partial charge in [-0.15, -0.1) is 10.2 Å². The monoisotopic (exact) mass is 318 g/mol. The smallest absolute Gasteiger partial charge is 0.435 e. The number of halogens is 4. The normalized spacial score (nSPS) is 11.3. The van der Waals surface area contributed by atoms with Crippen molar-refractivity contribution < 1.29 is 17.9 Å². The quantitative estimate of drug-likeness (QED) is 0.837. The molecule has 0 aliphatic rings. The fourth-order valence-corrected chi connectivity index (χ4v) is 1.53. The van der Waals surface area contributed by atoms with Crippen molar-refractivity contribution in [2.45, 2.75) is 6.18 Å². The maximum atomic E-state index is 12.3. The maximum absolute atomic E-state index is 12.3. The van der Waals surface area contributed by atoms with Crippen molar-refractivity contribution in [2.24, 2.45) is 0 Å². The number of ether oxygens (including phenoxy) is 1. The summed E-state index contributed by atoms with van der Waals surface area (Å²) in [6.45, 7) is 0. The van der Waals surface area contributed by atoms with E-state index >= 15 is 0 Å². The third-order valence-electron chi connectivity index (χ3n) is 1.98. The van der Waals surface area contributed by atoms with Gasteiger partial charge in [-0.25, -0.2) is 0 Å². The Kier molecular flexibility index (Phi) is 3.51. The zero-order valence-corrected chi connectivity index (χ0v) is 10.4. The van der Waals surface area contributed by atoms with Gasteiger partial charge in [0.1, 0.15) is 5.75 Å². The van der Waals surface area contributed by atoms with Gasteiger partial charge in [0, 0.05) is 6.07 Å². The third-order valence-corrected chi connectivity index (χ3v) is 2.64. The Labute approximate surface area is 109 Å². The minimum Gasteiger partial charge on any atom is -0.436 e. The molecule has 0 amide bonds. The molecule has 0 aliphatic heterocycles. The highest BCUT2D eigenvalue weighted by Gasteiger charge is 2.32. The van der Waals surface area contributed by atoms with Crippen LogP contribution in [0.1, 0.15) is 5.69 Å². The molecular weight excluding hydrogens is 313 g/mol. The Hall–Kier alpha value is -1.63. The van der Waals surface area contributed by atoms with Gasteiger partial charge in [-0.05, 0) is 34.1 Å². The predicted octanol–water partition coefficient (Wildman–Crippen LogP) is 4.05. The van der Waals surface area contributed by atoms with E-state index in [1.807, 2.05) is 0 Å². The van der Waals surface area contributed by atoms with Gasteiger partial charge in [0.25, 0.3) is 0 Å². The highest BCUT2D eigenvalue weighted by Crippen LogP contribution is 2.30. The second-order valence-corrected chi connectivity index (χ2v) is 4.14. The Bertz CT molecular complexity index is 543. The molecule has 94 valence electrons. The molecule has 0 saturated carbocycles. The van der Waals surface area contributed by atoms with Crippen LogP contribution in [0, 0.1) is 0 Å². The SMILES string of the molecule is FC(F)(F)c1ccc(Oc2ccccc2Br)nn1. The lowest BCUT2D eigenvalue weighted by Gasteiger charge is -2.07. The summed E-state index contributed by atoms with van der Waals surface area (Å²) in [7, 11) is 0. The molecule has 0 bridgehead atoms. The van der Waals surface area contributed by atoms with Crippen LogP contribution in [0.15, 0.2) is 40.9 Å². The summed E-state index contributed by atoms with van der Waals surface area (Å²) in [6.07, 6.45) is -4.50. The van der Waals surface area contributed by atoms with Gasteiger partial charge < -0.3 is 4.74 Å². The lowest BCUT2D eigenvalue weighted by Crippen LogP contribution is -2.08. The summed E-state index contributed by atoms with van der Waals surface area (Å²) >= 11 is 3.25. The molecule has 0 saturated heterocycles. The fourth-order valence-electron chi connectivity index (χ4n) is 1.17. The first-order valence-electron chi connectivity index (χ1n) is 4.80. The Morgan fingerprint density at radius 3 is 2.28 bits per heavy atom. The fraction of sp³-hybridized carbons (Fsp3) is 0.0909. The van der Waals surface area contributed by atoms with Crippen LogP contribution in [-0.4, -0.2) is 10.2 Å².